The van der Waals surface area contributed by atoms with Gasteiger partial charge < -0.3 is 10.1 Å². The number of pyridine rings is 1. The van der Waals surface area contributed by atoms with Crippen molar-refractivity contribution in [2.75, 3.05) is 25.3 Å². The van der Waals surface area contributed by atoms with Gasteiger partial charge in [-0.15, -0.1) is 5.12 Å². The van der Waals surface area contributed by atoms with Gasteiger partial charge in [0.05, 0.1) is 6.61 Å². The maximum atomic E-state index is 12.6. The van der Waals surface area contributed by atoms with Crippen molar-refractivity contribution in [3.05, 3.63) is 47.5 Å². The molecule has 0 unspecified atom stereocenters. The van der Waals surface area contributed by atoms with Crippen molar-refractivity contribution in [1.29, 1.82) is 0 Å². The first kappa shape index (κ1) is 26.4. The maximum absolute atomic E-state index is 12.6. The van der Waals surface area contributed by atoms with Crippen LogP contribution in [-0.4, -0.2) is 54.7 Å². The topological polar surface area (TPSA) is 65.4 Å². The first-order valence-corrected chi connectivity index (χ1v) is 11.1. The van der Waals surface area contributed by atoms with Gasteiger partial charge in [-0.25, -0.2) is 4.98 Å². The van der Waals surface area contributed by atoms with Crippen LogP contribution in [0.25, 0.3) is 0 Å². The summed E-state index contributed by atoms with van der Waals surface area (Å²) in [6, 6.07) is 4.21. The van der Waals surface area contributed by atoms with Crippen LogP contribution in [0.1, 0.15) is 45.6 Å². The van der Waals surface area contributed by atoms with Crippen molar-refractivity contribution >= 4 is 18.2 Å². The van der Waals surface area contributed by atoms with Crippen molar-refractivity contribution in [3.63, 3.8) is 0 Å². The van der Waals surface area contributed by atoms with E-state index >= 15 is 0 Å². The van der Waals surface area contributed by atoms with Crippen LogP contribution in [0, 0.1) is 0 Å². The van der Waals surface area contributed by atoms with Crippen molar-refractivity contribution in [1.82, 2.24) is 15.2 Å². The first-order valence-electron chi connectivity index (χ1n) is 11.1. The third kappa shape index (κ3) is 8.53. The molecule has 1 aromatic rings. The van der Waals surface area contributed by atoms with Gasteiger partial charge in [0.2, 0.25) is 0 Å². The number of allylic oxidation sites excluding steroid dienone is 3. The molecule has 33 heavy (non-hydrogen) atoms. The fraction of sp³-hybridized carbons (Fsp3) is 0.522. The predicted octanol–water partition coefficient (Wildman–Crippen LogP) is 4.84. The van der Waals surface area contributed by atoms with Gasteiger partial charge in [-0.2, -0.15) is 23.4 Å². The van der Waals surface area contributed by atoms with E-state index in [1.165, 1.54) is 6.08 Å². The van der Waals surface area contributed by atoms with Crippen LogP contribution in [0.3, 0.4) is 0 Å². The Bertz CT molecular complexity index is 854. The lowest BCUT2D eigenvalue weighted by Crippen LogP contribution is -2.33. The van der Waals surface area contributed by atoms with E-state index in [1.807, 2.05) is 12.1 Å². The number of ether oxygens (including phenoxy) is 1. The number of nitrogens with zero attached hydrogens (tertiary/aromatic N) is 5. The van der Waals surface area contributed by atoms with E-state index in [-0.39, 0.29) is 6.04 Å². The van der Waals surface area contributed by atoms with Crippen molar-refractivity contribution < 1.29 is 17.9 Å². The molecule has 0 saturated carbocycles. The number of alkyl halides is 3. The Labute approximate surface area is 193 Å². The molecule has 2 rings (SSSR count). The number of hydrogen-bond acceptors (Lipinski definition) is 7. The van der Waals surface area contributed by atoms with Crippen LogP contribution in [0.4, 0.5) is 19.0 Å². The number of hydrogen-bond donors (Lipinski definition) is 1. The summed E-state index contributed by atoms with van der Waals surface area (Å²) in [5.41, 5.74) is 0.354. The number of aromatic nitrogens is 1. The zero-order chi connectivity index (χ0) is 24.3. The molecular weight excluding hydrogens is 433 g/mol. The summed E-state index contributed by atoms with van der Waals surface area (Å²) < 4.78 is 43.4. The van der Waals surface area contributed by atoms with Crippen LogP contribution in [0.2, 0.25) is 0 Å². The normalized spacial score (nSPS) is 15.8. The number of halogens is 3. The van der Waals surface area contributed by atoms with Crippen LogP contribution < -0.4 is 10.4 Å². The molecule has 0 spiro atoms. The van der Waals surface area contributed by atoms with Gasteiger partial charge in [0, 0.05) is 55.8 Å². The van der Waals surface area contributed by atoms with Gasteiger partial charge in [0.15, 0.2) is 11.7 Å². The summed E-state index contributed by atoms with van der Waals surface area (Å²) in [5, 5.41) is 12.9. The SMILES string of the molecule is CCN(Cc1cccnc1N1N=CCC=N1)[C@@H](C)CCCO/C(=C/C=C(\C)C(F)(F)F)NC. The summed E-state index contributed by atoms with van der Waals surface area (Å²) >= 11 is 0. The van der Waals surface area contributed by atoms with Crippen molar-refractivity contribution in [2.24, 2.45) is 10.2 Å². The number of anilines is 1. The van der Waals surface area contributed by atoms with Gasteiger partial charge in [0.25, 0.3) is 0 Å². The predicted molar refractivity (Wildman–Crippen MR) is 126 cm³/mol. The van der Waals surface area contributed by atoms with E-state index in [4.69, 9.17) is 4.74 Å². The minimum absolute atomic E-state index is 0.273. The molecule has 1 aromatic heterocycles. The van der Waals surface area contributed by atoms with Crippen molar-refractivity contribution in [2.45, 2.75) is 58.8 Å². The molecule has 1 atom stereocenters. The van der Waals surface area contributed by atoms with E-state index in [0.717, 1.165) is 37.9 Å². The van der Waals surface area contributed by atoms with E-state index in [2.05, 4.69) is 39.3 Å². The summed E-state index contributed by atoms with van der Waals surface area (Å²) in [6.07, 6.45) is 5.64. The molecule has 182 valence electrons. The van der Waals surface area contributed by atoms with Crippen LogP contribution >= 0.6 is 0 Å². The molecule has 0 fully saturated rings. The third-order valence-corrected chi connectivity index (χ3v) is 5.25. The second-order valence-electron chi connectivity index (χ2n) is 7.64. The fourth-order valence-corrected chi connectivity index (χ4v) is 3.21. The standard InChI is InChI=1S/C23H33F3N6O/c1-5-31(17-20-10-6-13-28-22(20)32-29-14-8-15-30-32)19(3)9-7-16-33-21(27-4)12-11-18(2)23(24,25)26/h6,10-15,19,27H,5,7-9,16-17H2,1-4H3/b18-11+,21-12+/t19-/m0/s1. The quantitative estimate of drug-likeness (QED) is 0.271. The van der Waals surface area contributed by atoms with Gasteiger partial charge >= 0.3 is 6.18 Å². The molecule has 0 saturated heterocycles. The Morgan fingerprint density at radius 1 is 1.30 bits per heavy atom. The second kappa shape index (κ2) is 13.0. The lowest BCUT2D eigenvalue weighted by Gasteiger charge is -2.29. The summed E-state index contributed by atoms with van der Waals surface area (Å²) in [7, 11) is 1.62. The van der Waals surface area contributed by atoms with Gasteiger partial charge in [-0.3, -0.25) is 4.90 Å². The third-order valence-electron chi connectivity index (χ3n) is 5.25. The molecule has 7 nitrogen and oxygen atoms in total. The molecule has 1 N–H and O–H groups in total. The number of nitrogens with one attached hydrogen (secondary N) is 1. The van der Waals surface area contributed by atoms with Crippen LogP contribution in [0.5, 0.6) is 0 Å². The van der Waals surface area contributed by atoms with Crippen LogP contribution in [0.15, 0.2) is 52.1 Å². The largest absolute Gasteiger partial charge is 0.479 e. The molecule has 1 aliphatic heterocycles. The zero-order valence-corrected chi connectivity index (χ0v) is 19.6. The highest BCUT2D eigenvalue weighted by Crippen LogP contribution is 2.25. The molecule has 0 amide bonds. The monoisotopic (exact) mass is 466 g/mol. The Morgan fingerprint density at radius 2 is 2.03 bits per heavy atom. The molecule has 0 bridgehead atoms. The smallest absolute Gasteiger partial charge is 0.412 e. The van der Waals surface area contributed by atoms with Gasteiger partial charge in [-0.1, -0.05) is 13.0 Å². The van der Waals surface area contributed by atoms with Gasteiger partial charge in [-0.05, 0) is 51.5 Å². The zero-order valence-electron chi connectivity index (χ0n) is 19.6. The van der Waals surface area contributed by atoms with Crippen LogP contribution in [-0.2, 0) is 11.3 Å². The molecule has 2 heterocycles. The Balaban J connectivity index is 1.89. The highest BCUT2D eigenvalue weighted by Gasteiger charge is 2.29. The number of rotatable bonds is 12. The molecule has 0 aromatic carbocycles. The van der Waals surface area contributed by atoms with E-state index < -0.39 is 11.7 Å². The molecule has 0 aliphatic carbocycles. The molecular formula is C23H33F3N6O. The summed E-state index contributed by atoms with van der Waals surface area (Å²) in [6.45, 7) is 7.25. The lowest BCUT2D eigenvalue weighted by atomic mass is 10.1. The Hall–Kier alpha value is -2.88. The molecule has 0 radical (unpaired) electrons. The Kier molecular flexibility index (Phi) is 10.4. The maximum Gasteiger partial charge on any atom is 0.412 e. The minimum atomic E-state index is -4.34. The second-order valence-corrected chi connectivity index (χ2v) is 7.64. The molecule has 10 heteroatoms. The fourth-order valence-electron chi connectivity index (χ4n) is 3.21. The first-order chi connectivity index (χ1) is 15.8. The highest BCUT2D eigenvalue weighted by molar-refractivity contribution is 5.82. The summed E-state index contributed by atoms with van der Waals surface area (Å²) in [4.78, 5) is 6.80. The lowest BCUT2D eigenvalue weighted by molar-refractivity contribution is -0.0913. The number of hydrazone groups is 2. The average molecular weight is 467 g/mol. The van der Waals surface area contributed by atoms with E-state index in [1.54, 1.807) is 30.8 Å². The average Bonchev–Trinajstić information content (AvgIpc) is 2.81. The van der Waals surface area contributed by atoms with E-state index in [0.29, 0.717) is 31.3 Å². The van der Waals surface area contributed by atoms with Gasteiger partial charge in [0.1, 0.15) is 0 Å². The minimum Gasteiger partial charge on any atom is -0.479 e. The Morgan fingerprint density at radius 3 is 2.67 bits per heavy atom. The van der Waals surface area contributed by atoms with Crippen molar-refractivity contribution in [3.8, 4) is 0 Å². The van der Waals surface area contributed by atoms with E-state index in [9.17, 15) is 13.2 Å². The highest BCUT2D eigenvalue weighted by atomic mass is 19.4. The molecule has 1 aliphatic rings. The summed E-state index contributed by atoms with van der Waals surface area (Å²) in [5.74, 6) is 1.02.